The number of aromatic nitrogens is 10. The number of anilines is 2. The Bertz CT molecular complexity index is 2920. The van der Waals surface area contributed by atoms with Crippen molar-refractivity contribution in [2.45, 2.75) is 82.3 Å². The van der Waals surface area contributed by atoms with Crippen molar-refractivity contribution in [1.82, 2.24) is 48.6 Å². The quantitative estimate of drug-likeness (QED) is 0.0520. The molecule has 12 atom stereocenters. The van der Waals surface area contributed by atoms with Crippen LogP contribution in [0.5, 0.6) is 0 Å². The number of aryl methyl sites for hydroxylation is 1. The molecule has 0 radical (unpaired) electrons. The van der Waals surface area contributed by atoms with Crippen molar-refractivity contribution in [2.24, 2.45) is 5.92 Å². The van der Waals surface area contributed by atoms with Gasteiger partial charge in [-0.1, -0.05) is 43.7 Å². The molecule has 0 aromatic carbocycles. The monoisotopic (exact) mass is 1020 g/mol. The number of ether oxygens (including phenoxy) is 3. The van der Waals surface area contributed by atoms with Crippen molar-refractivity contribution in [1.29, 1.82) is 0 Å². The van der Waals surface area contributed by atoms with Crippen molar-refractivity contribution in [2.75, 3.05) is 38.4 Å². The van der Waals surface area contributed by atoms with Gasteiger partial charge in [-0.15, -0.1) is 0 Å². The minimum absolute atomic E-state index is 0.0406. The molecule has 0 spiro atoms. The molecule has 33 heteroatoms. The Kier molecular flexibility index (Phi) is 14.0. The third-order valence-electron chi connectivity index (χ3n) is 10.8. The summed E-state index contributed by atoms with van der Waals surface area (Å²) >= 11 is 12.4. The second-order valence-electron chi connectivity index (χ2n) is 15.2. The Morgan fingerprint density at radius 2 is 1.26 bits per heavy atom. The predicted octanol–water partition coefficient (Wildman–Crippen LogP) is 3.06. The third-order valence-corrected chi connectivity index (χ3v) is 15.8. The van der Waals surface area contributed by atoms with E-state index >= 15 is 0 Å². The molecule has 3 aliphatic rings. The number of H-pyrrole nitrogens is 2. The van der Waals surface area contributed by atoms with Crippen LogP contribution in [0.25, 0.3) is 22.3 Å². The van der Waals surface area contributed by atoms with E-state index in [2.05, 4.69) is 71.6 Å². The summed E-state index contributed by atoms with van der Waals surface area (Å²) < 4.78 is 96.6. The van der Waals surface area contributed by atoms with Crippen molar-refractivity contribution in [3.05, 3.63) is 61.9 Å². The normalized spacial score (nSPS) is 28.7. The van der Waals surface area contributed by atoms with Gasteiger partial charge < -0.3 is 30.2 Å². The molecular weight excluding hydrogens is 982 g/mol. The lowest BCUT2D eigenvalue weighted by Crippen LogP contribution is -2.33. The maximum Gasteiger partial charge on any atom is 0.386 e. The van der Waals surface area contributed by atoms with E-state index in [9.17, 15) is 28.1 Å². The first-order valence-electron chi connectivity index (χ1n) is 19.5. The van der Waals surface area contributed by atoms with Crippen LogP contribution in [0.4, 0.5) is 11.8 Å². The average molecular weight is 1020 g/mol. The van der Waals surface area contributed by atoms with Crippen LogP contribution in [0, 0.1) is 12.8 Å². The summed E-state index contributed by atoms with van der Waals surface area (Å²) in [6.45, 7) is -10.4. The number of thiol groups is 3. The van der Waals surface area contributed by atoms with Crippen LogP contribution in [-0.4, -0.2) is 106 Å². The Morgan fingerprint density at radius 3 is 1.89 bits per heavy atom. The van der Waals surface area contributed by atoms with Crippen LogP contribution in [-0.2, 0) is 55.0 Å². The molecule has 354 valence electrons. The summed E-state index contributed by atoms with van der Waals surface area (Å²) in [4.78, 5) is 62.9. The molecule has 5 aromatic rings. The molecule has 6 unspecified atom stereocenters. The number of hydrogen-bond acceptors (Lipinski definition) is 22. The Balaban J connectivity index is 0.964. The van der Waals surface area contributed by atoms with Crippen molar-refractivity contribution >= 4 is 91.2 Å². The average Bonchev–Trinajstić information content (AvgIpc) is 4.08. The van der Waals surface area contributed by atoms with Gasteiger partial charge in [0.1, 0.15) is 54.9 Å². The first-order valence-corrected chi connectivity index (χ1v) is 27.6. The van der Waals surface area contributed by atoms with Crippen LogP contribution in [0.15, 0.2) is 39.6 Å². The molecule has 3 fully saturated rings. The largest absolute Gasteiger partial charge is 0.386 e. The molecular formula is C32H43N12O15P3S3. The van der Waals surface area contributed by atoms with Gasteiger partial charge in [0.05, 0.1) is 38.6 Å². The summed E-state index contributed by atoms with van der Waals surface area (Å²) in [7, 11) is 1.12. The lowest BCUT2D eigenvalue weighted by molar-refractivity contribution is -0.0482. The molecule has 27 nitrogen and oxygen atoms in total. The lowest BCUT2D eigenvalue weighted by Gasteiger charge is -2.25. The smallest absolute Gasteiger partial charge is 0.382 e. The SMILES string of the molecule is COP(=O)(S)OC[C@H]1O[C@@H](n2cnc3c(=O)[nH]c(N)nc32)CC1OP(=O)(S)OC[C@H]1O[C@@H](n2cc(C)c(=O)[nH]c2=O)CC1OP(=O)(S)OC[C@H]1O[C@@H](n2cnc3c(N)ncnc32)CC1C. The van der Waals surface area contributed by atoms with Gasteiger partial charge in [-0.2, -0.15) is 4.98 Å². The van der Waals surface area contributed by atoms with Crippen LogP contribution in [0.1, 0.15) is 50.4 Å². The fourth-order valence-electron chi connectivity index (χ4n) is 7.50. The Labute approximate surface area is 382 Å². The number of nitrogen functional groups attached to an aromatic ring is 2. The van der Waals surface area contributed by atoms with Crippen molar-refractivity contribution in [3.63, 3.8) is 0 Å². The minimum Gasteiger partial charge on any atom is -0.382 e. The van der Waals surface area contributed by atoms with Gasteiger partial charge >= 0.3 is 26.1 Å². The number of hydrogen-bond donors (Lipinski definition) is 7. The molecule has 0 saturated carbocycles. The fraction of sp³-hybridized carbons (Fsp3) is 0.562. The highest BCUT2D eigenvalue weighted by Crippen LogP contribution is 2.59. The highest BCUT2D eigenvalue weighted by Gasteiger charge is 2.46. The number of aromatic amines is 2. The third kappa shape index (κ3) is 10.7. The van der Waals surface area contributed by atoms with Gasteiger partial charge in [0.2, 0.25) is 5.95 Å². The summed E-state index contributed by atoms with van der Waals surface area (Å²) in [5, 5.41) is 0. The number of imidazole rings is 2. The predicted molar refractivity (Wildman–Crippen MR) is 237 cm³/mol. The van der Waals surface area contributed by atoms with Gasteiger partial charge in [0, 0.05) is 31.7 Å². The van der Waals surface area contributed by atoms with E-state index in [0.717, 1.165) is 11.7 Å². The minimum atomic E-state index is -4.43. The molecule has 65 heavy (non-hydrogen) atoms. The maximum absolute atomic E-state index is 14.0. The standard InChI is InChI=1S/C32H43N12O15P3S3/c1-14-4-21(43-12-37-24-26(33)35-11-36-27(24)43)55-18(14)8-53-61(49,64)58-16-5-22(42-7-15(2)29(45)41-32(42)47)56-20(16)10-54-62(50,65)59-17-6-23(57-19(17)9-52-60(48,63)51-3)44-13-38-25-28(44)39-31(34)40-30(25)46/h7,11-14,16-23H,4-6,8-10H2,1-3H3,(H,48,63)(H,49,64)(H,50,65)(H2,33,35,36)(H,41,45,47)(H3,34,39,40,46)/t14?,16?,17?,18-,19-,20-,21-,22-,23-,60?,61?,62?/m1/s1. The van der Waals surface area contributed by atoms with Crippen LogP contribution in [0.2, 0.25) is 0 Å². The number of fused-ring (bicyclic) bond motifs is 2. The van der Waals surface area contributed by atoms with E-state index in [1.54, 1.807) is 10.9 Å². The summed E-state index contributed by atoms with van der Waals surface area (Å²) in [5.41, 5.74) is 10.8. The number of rotatable bonds is 17. The molecule has 3 aliphatic heterocycles. The summed E-state index contributed by atoms with van der Waals surface area (Å²) in [5.74, 6) is -0.0706. The van der Waals surface area contributed by atoms with Crippen LogP contribution >= 0.6 is 57.1 Å². The van der Waals surface area contributed by atoms with Crippen molar-refractivity contribution < 1.29 is 55.0 Å². The van der Waals surface area contributed by atoms with Gasteiger partial charge in [0.25, 0.3) is 11.1 Å². The van der Waals surface area contributed by atoms with E-state index in [4.69, 9.17) is 52.8 Å². The zero-order chi connectivity index (χ0) is 46.6. The summed E-state index contributed by atoms with van der Waals surface area (Å²) in [6, 6.07) is 0. The fourth-order valence-corrected chi connectivity index (χ4v) is 11.2. The zero-order valence-electron chi connectivity index (χ0n) is 34.3. The molecule has 5 aromatic heterocycles. The Morgan fingerprint density at radius 1 is 0.723 bits per heavy atom. The molecule has 3 saturated heterocycles. The van der Waals surface area contributed by atoms with Gasteiger partial charge in [-0.05, 0) is 19.3 Å². The topological polar surface area (TPSA) is 348 Å². The van der Waals surface area contributed by atoms with Crippen LogP contribution in [0.3, 0.4) is 0 Å². The number of nitrogens with one attached hydrogen (secondary N) is 2. The van der Waals surface area contributed by atoms with Gasteiger partial charge in [0.15, 0.2) is 22.6 Å². The van der Waals surface area contributed by atoms with Gasteiger partial charge in [-0.3, -0.25) is 55.9 Å². The maximum atomic E-state index is 14.0. The first kappa shape index (κ1) is 48.0. The second kappa shape index (κ2) is 18.9. The highest BCUT2D eigenvalue weighted by atomic mass is 32.7. The Hall–Kier alpha value is -3.44. The highest BCUT2D eigenvalue weighted by molar-refractivity contribution is 8.45. The number of nitrogens with zero attached hydrogens (tertiary/aromatic N) is 8. The molecule has 0 amide bonds. The van der Waals surface area contributed by atoms with E-state index in [1.807, 2.05) is 6.92 Å². The first-order chi connectivity index (χ1) is 30.7. The molecule has 0 aliphatic carbocycles. The van der Waals surface area contributed by atoms with E-state index < -0.39 is 99.6 Å². The summed E-state index contributed by atoms with van der Waals surface area (Å²) in [6.07, 6.45) is -2.12. The zero-order valence-corrected chi connectivity index (χ0v) is 39.7. The van der Waals surface area contributed by atoms with E-state index in [-0.39, 0.29) is 53.9 Å². The van der Waals surface area contributed by atoms with Crippen molar-refractivity contribution in [3.8, 4) is 0 Å². The molecule has 8 heterocycles. The lowest BCUT2D eigenvalue weighted by atomic mass is 10.0. The second-order valence-corrected chi connectivity index (χ2v) is 24.0. The molecule has 0 bridgehead atoms. The molecule has 6 N–H and O–H groups in total. The molecule has 8 rings (SSSR count). The van der Waals surface area contributed by atoms with E-state index in [0.29, 0.717) is 17.6 Å². The van der Waals surface area contributed by atoms with E-state index in [1.165, 1.54) is 30.3 Å². The van der Waals surface area contributed by atoms with Crippen LogP contribution < -0.4 is 28.3 Å². The van der Waals surface area contributed by atoms with Gasteiger partial charge in [-0.25, -0.2) is 38.4 Å². The number of nitrogens with two attached hydrogens (primary N) is 2.